The zero-order valence-electron chi connectivity index (χ0n) is 12.9. The number of fused-ring (bicyclic) bond motifs is 2. The van der Waals surface area contributed by atoms with Gasteiger partial charge in [0, 0.05) is 13.0 Å². The summed E-state index contributed by atoms with van der Waals surface area (Å²) in [5, 5.41) is 3.15. The topological polar surface area (TPSA) is 72.5 Å². The summed E-state index contributed by atoms with van der Waals surface area (Å²) in [7, 11) is -3.67. The average molecular weight is 315 g/mol. The number of rotatable bonds is 4. The van der Waals surface area contributed by atoms with Crippen molar-refractivity contribution in [2.24, 2.45) is 16.7 Å². The fourth-order valence-electron chi connectivity index (χ4n) is 4.55. The van der Waals surface area contributed by atoms with Crippen LogP contribution in [0.1, 0.15) is 46.0 Å². The summed E-state index contributed by atoms with van der Waals surface area (Å²) in [6, 6.07) is 0. The molecule has 2 bridgehead atoms. The Hall–Kier alpha value is -0.460. The van der Waals surface area contributed by atoms with Gasteiger partial charge >= 0.3 is 0 Å². The Balaban J connectivity index is 1.76. The molecule has 3 atom stereocenters. The molecule has 1 N–H and O–H groups in total. The van der Waals surface area contributed by atoms with Crippen LogP contribution in [0.2, 0.25) is 0 Å². The lowest BCUT2D eigenvalue weighted by atomic mass is 9.70. The van der Waals surface area contributed by atoms with E-state index in [0.717, 1.165) is 25.8 Å². The Labute approximate surface area is 126 Å². The van der Waals surface area contributed by atoms with Gasteiger partial charge in [-0.2, -0.15) is 8.42 Å². The maximum atomic E-state index is 12.5. The number of carbonyl (C=O) groups excluding carboxylic acids is 1. The molecule has 1 saturated heterocycles. The number of ketones is 1. The lowest BCUT2D eigenvalue weighted by Crippen LogP contribution is -2.44. The molecule has 3 aliphatic rings. The van der Waals surface area contributed by atoms with Crippen LogP contribution in [0.5, 0.6) is 0 Å². The van der Waals surface area contributed by atoms with E-state index < -0.39 is 15.5 Å². The summed E-state index contributed by atoms with van der Waals surface area (Å²) in [5.74, 6) is 0.313. The van der Waals surface area contributed by atoms with Crippen molar-refractivity contribution < 1.29 is 17.4 Å². The Bertz CT molecular complexity index is 536. The maximum Gasteiger partial charge on any atom is 0.268 e. The van der Waals surface area contributed by atoms with Crippen LogP contribution in [-0.4, -0.2) is 39.1 Å². The van der Waals surface area contributed by atoms with Crippen molar-refractivity contribution in [2.75, 3.05) is 18.8 Å². The molecule has 2 aliphatic carbocycles. The van der Waals surface area contributed by atoms with E-state index in [1.165, 1.54) is 0 Å². The van der Waals surface area contributed by atoms with Crippen LogP contribution in [0.3, 0.4) is 0 Å². The molecular weight excluding hydrogens is 290 g/mol. The van der Waals surface area contributed by atoms with Crippen molar-refractivity contribution >= 4 is 15.9 Å². The summed E-state index contributed by atoms with van der Waals surface area (Å²) < 4.78 is 30.3. The fraction of sp³-hybridized carbons (Fsp3) is 0.933. The van der Waals surface area contributed by atoms with Crippen LogP contribution in [0.15, 0.2) is 0 Å². The van der Waals surface area contributed by atoms with Crippen LogP contribution in [0, 0.1) is 16.7 Å². The van der Waals surface area contributed by atoms with E-state index in [-0.39, 0.29) is 23.1 Å². The number of carbonyl (C=O) groups is 1. The van der Waals surface area contributed by atoms with E-state index >= 15 is 0 Å². The van der Waals surface area contributed by atoms with Crippen molar-refractivity contribution in [3.8, 4) is 0 Å². The summed E-state index contributed by atoms with van der Waals surface area (Å²) in [6.07, 6.45) is 3.59. The first-order chi connectivity index (χ1) is 9.77. The molecule has 5 nitrogen and oxygen atoms in total. The minimum absolute atomic E-state index is 0.123. The smallest absolute Gasteiger partial charge is 0.268 e. The third-order valence-electron chi connectivity index (χ3n) is 6.10. The molecular formula is C15H25NO4S. The monoisotopic (exact) mass is 315 g/mol. The average Bonchev–Trinajstić information content (AvgIpc) is 2.72. The Morgan fingerprint density at radius 2 is 2.10 bits per heavy atom. The molecule has 0 amide bonds. The standard InChI is InChI=1S/C15H25NO4S/c1-14(2)11-5-6-15(14,13(17)8-11)10-21(18,19)20-12-4-3-7-16-9-12/h11-12,16H,3-10H2,1-2H3/t11?,12-,15-/m1/s1. The molecule has 6 heteroatoms. The Kier molecular flexibility index (Phi) is 3.70. The van der Waals surface area contributed by atoms with E-state index in [9.17, 15) is 13.2 Å². The van der Waals surface area contributed by atoms with Crippen molar-refractivity contribution in [2.45, 2.75) is 52.1 Å². The van der Waals surface area contributed by atoms with Gasteiger partial charge in [0.2, 0.25) is 0 Å². The third kappa shape index (κ3) is 2.45. The van der Waals surface area contributed by atoms with Crippen LogP contribution >= 0.6 is 0 Å². The van der Waals surface area contributed by atoms with E-state index in [2.05, 4.69) is 5.32 Å². The third-order valence-corrected chi connectivity index (χ3v) is 7.51. The van der Waals surface area contributed by atoms with Gasteiger partial charge in [-0.15, -0.1) is 0 Å². The molecule has 3 fully saturated rings. The summed E-state index contributed by atoms with van der Waals surface area (Å²) >= 11 is 0. The SMILES string of the molecule is CC1(C)C2CC[C@@]1(CS(=O)(=O)O[C@@H]1CCCNC1)C(=O)C2. The zero-order chi connectivity index (χ0) is 15.3. The lowest BCUT2D eigenvalue weighted by molar-refractivity contribution is -0.128. The molecule has 0 spiro atoms. The molecule has 2 saturated carbocycles. The van der Waals surface area contributed by atoms with Crippen LogP contribution in [0.4, 0.5) is 0 Å². The lowest BCUT2D eigenvalue weighted by Gasteiger charge is -2.36. The molecule has 21 heavy (non-hydrogen) atoms. The quantitative estimate of drug-likeness (QED) is 0.796. The van der Waals surface area contributed by atoms with Crippen molar-refractivity contribution in [3.05, 3.63) is 0 Å². The second-order valence-corrected chi connectivity index (χ2v) is 9.03. The molecule has 120 valence electrons. The number of hydrogen-bond acceptors (Lipinski definition) is 5. The van der Waals surface area contributed by atoms with Gasteiger partial charge in [-0.3, -0.25) is 8.98 Å². The van der Waals surface area contributed by atoms with Gasteiger partial charge in [0.05, 0.1) is 17.3 Å². The van der Waals surface area contributed by atoms with Gasteiger partial charge in [0.15, 0.2) is 0 Å². The number of hydrogen-bond donors (Lipinski definition) is 1. The fourth-order valence-corrected chi connectivity index (χ4v) is 6.48. The molecule has 3 rings (SSSR count). The largest absolute Gasteiger partial charge is 0.314 e. The highest BCUT2D eigenvalue weighted by Crippen LogP contribution is 2.64. The molecule has 1 heterocycles. The highest BCUT2D eigenvalue weighted by Gasteiger charge is 2.65. The van der Waals surface area contributed by atoms with E-state index in [4.69, 9.17) is 4.18 Å². The van der Waals surface area contributed by atoms with E-state index in [1.807, 2.05) is 13.8 Å². The Morgan fingerprint density at radius 3 is 2.62 bits per heavy atom. The summed E-state index contributed by atoms with van der Waals surface area (Å²) in [4.78, 5) is 12.4. The minimum atomic E-state index is -3.67. The van der Waals surface area contributed by atoms with Crippen molar-refractivity contribution in [1.29, 1.82) is 0 Å². The summed E-state index contributed by atoms with van der Waals surface area (Å²) in [6.45, 7) is 5.59. The van der Waals surface area contributed by atoms with Crippen LogP contribution in [-0.2, 0) is 19.1 Å². The predicted octanol–water partition coefficient (Wildman–Crippen LogP) is 1.48. The van der Waals surface area contributed by atoms with Gasteiger partial charge in [0.25, 0.3) is 10.1 Å². The van der Waals surface area contributed by atoms with Crippen molar-refractivity contribution in [1.82, 2.24) is 5.32 Å². The first kappa shape index (κ1) is 15.4. The number of Topliss-reactive ketones (excluding diaryl/α,β-unsaturated/α-hetero) is 1. The Morgan fingerprint density at radius 1 is 1.33 bits per heavy atom. The normalized spacial score (nSPS) is 38.9. The highest BCUT2D eigenvalue weighted by molar-refractivity contribution is 7.86. The van der Waals surface area contributed by atoms with Crippen LogP contribution in [0.25, 0.3) is 0 Å². The molecule has 1 unspecified atom stereocenters. The maximum absolute atomic E-state index is 12.5. The highest BCUT2D eigenvalue weighted by atomic mass is 32.2. The molecule has 0 aromatic heterocycles. The van der Waals surface area contributed by atoms with Crippen LogP contribution < -0.4 is 5.32 Å². The number of nitrogens with one attached hydrogen (secondary N) is 1. The molecule has 0 radical (unpaired) electrons. The molecule has 0 aromatic carbocycles. The van der Waals surface area contributed by atoms with Gasteiger partial charge in [-0.1, -0.05) is 13.8 Å². The zero-order valence-corrected chi connectivity index (χ0v) is 13.7. The first-order valence-corrected chi connectivity index (χ1v) is 9.50. The second-order valence-electron chi connectivity index (χ2n) is 7.43. The van der Waals surface area contributed by atoms with E-state index in [0.29, 0.717) is 25.3 Å². The van der Waals surface area contributed by atoms with Gasteiger partial charge in [-0.05, 0) is 43.6 Å². The van der Waals surface area contributed by atoms with Gasteiger partial charge < -0.3 is 5.32 Å². The molecule has 1 aliphatic heterocycles. The van der Waals surface area contributed by atoms with Gasteiger partial charge in [0.1, 0.15) is 5.78 Å². The van der Waals surface area contributed by atoms with Gasteiger partial charge in [-0.25, -0.2) is 0 Å². The van der Waals surface area contributed by atoms with Crippen molar-refractivity contribution in [3.63, 3.8) is 0 Å². The summed E-state index contributed by atoms with van der Waals surface area (Å²) in [5.41, 5.74) is -0.954. The molecule has 0 aromatic rings. The van der Waals surface area contributed by atoms with E-state index in [1.54, 1.807) is 0 Å². The minimum Gasteiger partial charge on any atom is -0.314 e. The predicted molar refractivity (Wildman–Crippen MR) is 79.3 cm³/mol. The number of piperidine rings is 1. The first-order valence-electron chi connectivity index (χ1n) is 7.92. The second kappa shape index (κ2) is 5.03.